The maximum absolute atomic E-state index is 14.6. The molecule has 1 fully saturated rings. The van der Waals surface area contributed by atoms with Gasteiger partial charge in [0.25, 0.3) is 0 Å². The quantitative estimate of drug-likeness (QED) is 0.0917. The first-order valence-electron chi connectivity index (χ1n) is 20.2. The molecule has 1 aliphatic rings. The number of amides is 5. The van der Waals surface area contributed by atoms with Gasteiger partial charge in [0, 0.05) is 36.6 Å². The van der Waals surface area contributed by atoms with Crippen LogP contribution in [-0.4, -0.2) is 97.3 Å². The number of nitrogens with zero attached hydrogens (tertiary/aromatic N) is 4. The molecule has 0 saturated carbocycles. The molecule has 1 saturated heterocycles. The maximum Gasteiger partial charge on any atom is 0.405 e. The SMILES string of the molecule is Cc1cccc(CN2CCN(C(C(=O)NC(Cc3ccc(-c4ccccn4)cc3)C(O)CC(Cc3ccccc3)NC(=O)C(NC(=O)O)C(C)(C)C)C(C)(C)C)C2=O)n1. The van der Waals surface area contributed by atoms with Crippen molar-refractivity contribution >= 4 is 23.9 Å². The van der Waals surface area contributed by atoms with Crippen molar-refractivity contribution in [2.45, 2.75) is 105 Å². The number of nitrogens with one attached hydrogen (secondary N) is 3. The van der Waals surface area contributed by atoms with Crippen LogP contribution in [0.1, 0.15) is 70.5 Å². The van der Waals surface area contributed by atoms with E-state index in [2.05, 4.69) is 25.9 Å². The van der Waals surface area contributed by atoms with E-state index in [1.165, 1.54) is 0 Å². The Morgan fingerprint density at radius 3 is 2.05 bits per heavy atom. The van der Waals surface area contributed by atoms with Crippen LogP contribution in [0.4, 0.5) is 9.59 Å². The second-order valence-electron chi connectivity index (χ2n) is 17.6. The summed E-state index contributed by atoms with van der Waals surface area (Å²) in [6, 6.07) is 24.9. The van der Waals surface area contributed by atoms with Crippen molar-refractivity contribution in [2.24, 2.45) is 10.8 Å². The van der Waals surface area contributed by atoms with E-state index < -0.39 is 59.0 Å². The lowest BCUT2D eigenvalue weighted by atomic mass is 9.84. The molecule has 4 aromatic rings. The smallest absolute Gasteiger partial charge is 0.405 e. The highest BCUT2D eigenvalue weighted by molar-refractivity contribution is 5.89. The Balaban J connectivity index is 1.43. The molecule has 5 unspecified atom stereocenters. The van der Waals surface area contributed by atoms with Gasteiger partial charge >= 0.3 is 12.1 Å². The minimum Gasteiger partial charge on any atom is -0.465 e. The van der Waals surface area contributed by atoms with E-state index in [4.69, 9.17) is 0 Å². The van der Waals surface area contributed by atoms with Crippen molar-refractivity contribution in [1.29, 1.82) is 0 Å². The number of aliphatic hydroxyl groups excluding tert-OH is 1. The van der Waals surface area contributed by atoms with Crippen LogP contribution in [0, 0.1) is 17.8 Å². The predicted octanol–water partition coefficient (Wildman–Crippen LogP) is 5.99. The fourth-order valence-corrected chi connectivity index (χ4v) is 7.65. The van der Waals surface area contributed by atoms with Gasteiger partial charge in [0.05, 0.1) is 30.1 Å². The highest BCUT2D eigenvalue weighted by Crippen LogP contribution is 2.29. The lowest BCUT2D eigenvalue weighted by Gasteiger charge is -2.38. The standard InChI is InChI=1S/C46H59N7O6/c1-30-14-13-17-34(48-30)29-52-24-25-53(44(52)59)40(46(5,6)7)42(56)50-37(27-32-19-21-33(22-20-32)36-18-11-12-23-47-36)38(54)28-35(26-31-15-9-8-10-16-31)49-41(55)39(45(2,3)4)51-43(57)58/h8-23,35,37-40,51,54H,24-29H2,1-7H3,(H,49,55)(H,50,56)(H,57,58). The van der Waals surface area contributed by atoms with Crippen LogP contribution < -0.4 is 16.0 Å². The van der Waals surface area contributed by atoms with Crippen molar-refractivity contribution in [3.05, 3.63) is 120 Å². The Kier molecular flexibility index (Phi) is 14.5. The Morgan fingerprint density at radius 1 is 0.763 bits per heavy atom. The minimum absolute atomic E-state index is 0.0294. The molecule has 59 heavy (non-hydrogen) atoms. The van der Waals surface area contributed by atoms with E-state index in [1.807, 2.05) is 119 Å². The first-order valence-corrected chi connectivity index (χ1v) is 20.2. The van der Waals surface area contributed by atoms with Crippen LogP contribution in [0.3, 0.4) is 0 Å². The molecule has 1 aliphatic heterocycles. The minimum atomic E-state index is -1.32. The van der Waals surface area contributed by atoms with Crippen LogP contribution in [-0.2, 0) is 29.0 Å². The third-order valence-electron chi connectivity index (χ3n) is 10.6. The number of aliphatic hydroxyl groups is 1. The molecule has 5 N–H and O–H groups in total. The summed E-state index contributed by atoms with van der Waals surface area (Å²) in [5, 5.41) is 30.3. The summed E-state index contributed by atoms with van der Waals surface area (Å²) in [6.45, 7) is 14.0. The molecule has 0 bridgehead atoms. The zero-order valence-corrected chi connectivity index (χ0v) is 35.2. The van der Waals surface area contributed by atoms with Crippen LogP contribution in [0.15, 0.2) is 97.2 Å². The Bertz CT molecular complexity index is 2030. The number of hydrogen-bond donors (Lipinski definition) is 5. The second kappa shape index (κ2) is 19.3. The van der Waals surface area contributed by atoms with E-state index in [0.717, 1.165) is 33.8 Å². The topological polar surface area (TPSA) is 177 Å². The Hall–Kier alpha value is -5.82. The average Bonchev–Trinajstić information content (AvgIpc) is 3.51. The number of aromatic nitrogens is 2. The van der Waals surface area contributed by atoms with Gasteiger partial charge < -0.3 is 36.0 Å². The molecule has 0 spiro atoms. The molecule has 5 atom stereocenters. The van der Waals surface area contributed by atoms with Gasteiger partial charge in [-0.1, -0.05) is 108 Å². The second-order valence-corrected chi connectivity index (χ2v) is 17.6. The van der Waals surface area contributed by atoms with Crippen molar-refractivity contribution in [3.63, 3.8) is 0 Å². The first-order chi connectivity index (χ1) is 27.9. The zero-order chi connectivity index (χ0) is 42.9. The molecule has 13 heteroatoms. The fraction of sp³-hybridized carbons (Fsp3) is 0.435. The van der Waals surface area contributed by atoms with Crippen molar-refractivity contribution in [3.8, 4) is 11.3 Å². The van der Waals surface area contributed by atoms with Gasteiger partial charge in [-0.15, -0.1) is 0 Å². The molecule has 0 aliphatic carbocycles. The summed E-state index contributed by atoms with van der Waals surface area (Å²) >= 11 is 0. The normalized spacial score (nSPS) is 15.8. The third-order valence-corrected chi connectivity index (χ3v) is 10.6. The van der Waals surface area contributed by atoms with Gasteiger partial charge in [0.1, 0.15) is 12.1 Å². The van der Waals surface area contributed by atoms with Crippen LogP contribution in [0.25, 0.3) is 11.3 Å². The molecule has 0 radical (unpaired) electrons. The van der Waals surface area contributed by atoms with Crippen molar-refractivity contribution in [1.82, 2.24) is 35.7 Å². The van der Waals surface area contributed by atoms with Crippen LogP contribution in [0.5, 0.6) is 0 Å². The van der Waals surface area contributed by atoms with Gasteiger partial charge in [-0.05, 0) is 72.4 Å². The van der Waals surface area contributed by atoms with Gasteiger partial charge in [0.2, 0.25) is 11.8 Å². The highest BCUT2D eigenvalue weighted by atomic mass is 16.4. The van der Waals surface area contributed by atoms with Crippen molar-refractivity contribution < 1.29 is 29.4 Å². The molecule has 5 amide bonds. The van der Waals surface area contributed by atoms with Gasteiger partial charge in [-0.25, -0.2) is 9.59 Å². The molecule has 5 rings (SSSR count). The summed E-state index contributed by atoms with van der Waals surface area (Å²) in [6.07, 6.45) is -0.165. The molecule has 2 aromatic heterocycles. The lowest BCUT2D eigenvalue weighted by molar-refractivity contribution is -0.131. The number of aryl methyl sites for hydroxylation is 1. The third kappa shape index (κ3) is 12.3. The number of urea groups is 1. The largest absolute Gasteiger partial charge is 0.465 e. The Morgan fingerprint density at radius 2 is 1.44 bits per heavy atom. The number of carbonyl (C=O) groups excluding carboxylic acids is 3. The fourth-order valence-electron chi connectivity index (χ4n) is 7.65. The summed E-state index contributed by atoms with van der Waals surface area (Å²) in [7, 11) is 0. The number of hydrogen-bond acceptors (Lipinski definition) is 7. The van der Waals surface area contributed by atoms with Crippen LogP contribution in [0.2, 0.25) is 0 Å². The van der Waals surface area contributed by atoms with Crippen LogP contribution >= 0.6 is 0 Å². The Labute approximate surface area is 347 Å². The summed E-state index contributed by atoms with van der Waals surface area (Å²) in [5.74, 6) is -0.929. The first kappa shape index (κ1) is 44.3. The summed E-state index contributed by atoms with van der Waals surface area (Å²) in [4.78, 5) is 66.5. The molecule has 314 valence electrons. The molecular weight excluding hydrogens is 747 g/mol. The molecule has 13 nitrogen and oxygen atoms in total. The average molecular weight is 806 g/mol. The van der Waals surface area contributed by atoms with Gasteiger partial charge in [-0.2, -0.15) is 0 Å². The monoisotopic (exact) mass is 805 g/mol. The van der Waals surface area contributed by atoms with Crippen molar-refractivity contribution in [2.75, 3.05) is 13.1 Å². The van der Waals surface area contributed by atoms with E-state index in [-0.39, 0.29) is 18.9 Å². The molecular formula is C46H59N7O6. The zero-order valence-electron chi connectivity index (χ0n) is 35.2. The lowest BCUT2D eigenvalue weighted by Crippen LogP contribution is -2.59. The molecule has 3 heterocycles. The summed E-state index contributed by atoms with van der Waals surface area (Å²) in [5.41, 5.74) is 3.65. The number of carboxylic acid groups (broad SMARTS) is 1. The highest BCUT2D eigenvalue weighted by Gasteiger charge is 2.44. The summed E-state index contributed by atoms with van der Waals surface area (Å²) < 4.78 is 0. The van der Waals surface area contributed by atoms with E-state index >= 15 is 0 Å². The van der Waals surface area contributed by atoms with Gasteiger partial charge in [0.15, 0.2) is 0 Å². The predicted molar refractivity (Wildman–Crippen MR) is 227 cm³/mol. The van der Waals surface area contributed by atoms with E-state index in [9.17, 15) is 29.4 Å². The number of rotatable bonds is 16. The van der Waals surface area contributed by atoms with E-state index in [0.29, 0.717) is 26.1 Å². The number of carbonyl (C=O) groups is 4. The molecule has 2 aromatic carbocycles. The number of pyridine rings is 2. The maximum atomic E-state index is 14.6. The number of benzene rings is 2. The van der Waals surface area contributed by atoms with Gasteiger partial charge in [-0.3, -0.25) is 19.6 Å². The van der Waals surface area contributed by atoms with E-state index in [1.54, 1.807) is 36.8 Å².